The first-order valence-corrected chi connectivity index (χ1v) is 37.4. The second-order valence-electron chi connectivity index (χ2n) is 25.4. The van der Waals surface area contributed by atoms with Crippen LogP contribution in [0, 0.1) is 0 Å². The summed E-state index contributed by atoms with van der Waals surface area (Å²) in [5.74, 6) is -0.183. The summed E-state index contributed by atoms with van der Waals surface area (Å²) in [6, 6.07) is -0.818. The average molecular weight is 1260 g/mol. The van der Waals surface area contributed by atoms with Crippen LogP contribution in [0.4, 0.5) is 0 Å². The first kappa shape index (κ1) is 84.3. The molecule has 0 spiro atoms. The average Bonchev–Trinajstić information content (AvgIpc) is 1.28. The smallest absolute Gasteiger partial charge is 0.220 e. The number of aliphatic hydroxyl groups excluding tert-OH is 5. The van der Waals surface area contributed by atoms with Crippen molar-refractivity contribution in [2.24, 2.45) is 0 Å². The molecule has 1 fully saturated rings. The van der Waals surface area contributed by atoms with Crippen LogP contribution in [-0.2, 0) is 14.3 Å². The van der Waals surface area contributed by atoms with Crippen LogP contribution < -0.4 is 5.32 Å². The number of unbranched alkanes of at least 4 members (excludes halogenated alkanes) is 34. The van der Waals surface area contributed by atoms with Crippen LogP contribution in [0.2, 0.25) is 0 Å². The van der Waals surface area contributed by atoms with Crippen molar-refractivity contribution in [2.75, 3.05) is 13.2 Å². The Hall–Kier alpha value is -3.67. The topological polar surface area (TPSA) is 149 Å². The first-order valence-electron chi connectivity index (χ1n) is 37.4. The van der Waals surface area contributed by atoms with Crippen LogP contribution in [0.3, 0.4) is 0 Å². The van der Waals surface area contributed by atoms with Crippen LogP contribution in [0.1, 0.15) is 316 Å². The number of amides is 1. The summed E-state index contributed by atoms with van der Waals surface area (Å²) in [5, 5.41) is 54.8. The maximum absolute atomic E-state index is 13.2. The lowest BCUT2D eigenvalue weighted by Crippen LogP contribution is -2.60. The Morgan fingerprint density at radius 3 is 1.02 bits per heavy atom. The number of hydrogen-bond acceptors (Lipinski definition) is 8. The quantitative estimate of drug-likeness (QED) is 0.0261. The Bertz CT molecular complexity index is 1890. The lowest BCUT2D eigenvalue weighted by atomic mass is 9.99. The third-order valence-corrected chi connectivity index (χ3v) is 17.0. The molecule has 0 bridgehead atoms. The summed E-state index contributed by atoms with van der Waals surface area (Å²) < 4.78 is 11.3. The standard InChI is InChI=1S/C81H139NO8/c1-3-5-7-9-11-13-15-17-19-21-23-25-27-29-31-32-33-34-35-36-37-38-39-40-41-42-43-44-45-47-49-51-53-55-57-59-61-63-65-67-69-71-77(85)82-74(73-89-81-80(88)79(87)78(86)76(72-83)90-81)75(84)70-68-66-64-62-60-58-56-54-52-50-48-46-30-28-26-24-22-20-18-16-14-12-10-8-6-4-2/h5,7,11,13,17,19,23,25,29,31,33-34,36-37,39-40,42-43,45,47,68,70,74-76,78-81,83-84,86-88H,3-4,6,8-10,12,14-16,18,20-22,24,26-28,30,32,35,38,41,44,46,48-67,69,71-73H2,1-2H3,(H,82,85)/b7-5-,13-11-,19-17-,25-23-,31-29-,34-33-,37-36-,40-39-,43-42-,47-45-,70-68+. The summed E-state index contributed by atoms with van der Waals surface area (Å²) in [4.78, 5) is 13.2. The number of allylic oxidation sites excluding steroid dienone is 21. The van der Waals surface area contributed by atoms with Crippen molar-refractivity contribution in [1.82, 2.24) is 5.32 Å². The molecule has 1 aliphatic rings. The van der Waals surface area contributed by atoms with Crippen molar-refractivity contribution in [3.63, 3.8) is 0 Å². The van der Waals surface area contributed by atoms with E-state index in [0.717, 1.165) is 116 Å². The van der Waals surface area contributed by atoms with Crippen LogP contribution in [0.15, 0.2) is 134 Å². The van der Waals surface area contributed by atoms with Gasteiger partial charge in [0, 0.05) is 6.42 Å². The van der Waals surface area contributed by atoms with Gasteiger partial charge in [-0.25, -0.2) is 0 Å². The van der Waals surface area contributed by atoms with Crippen LogP contribution >= 0.6 is 0 Å². The highest BCUT2D eigenvalue weighted by Gasteiger charge is 2.44. The number of ether oxygens (including phenoxy) is 2. The zero-order valence-corrected chi connectivity index (χ0v) is 57.9. The van der Waals surface area contributed by atoms with Gasteiger partial charge in [0.2, 0.25) is 5.91 Å². The van der Waals surface area contributed by atoms with E-state index < -0.39 is 49.5 Å². The normalized spacial score (nSPS) is 18.6. The molecule has 0 aliphatic carbocycles. The first-order chi connectivity index (χ1) is 44.3. The summed E-state index contributed by atoms with van der Waals surface area (Å²) >= 11 is 0. The van der Waals surface area contributed by atoms with Gasteiger partial charge in [0.1, 0.15) is 24.4 Å². The fourth-order valence-electron chi connectivity index (χ4n) is 11.2. The molecular formula is C81H139NO8. The SMILES string of the molecule is CC/C=C\C/C=C\C/C=C\C/C=C\C/C=C\C/C=C\C/C=C\C/C=C\C/C=C\C/C=C\CCCCCCCCCCCCC(=O)NC(COC1OC(CO)C(O)C(O)C1O)C(O)/C=C/CCCCCCCCCCCCCCCCCCCCCCCCCC. The molecule has 1 heterocycles. The van der Waals surface area contributed by atoms with Crippen LogP contribution in [-0.4, -0.2) is 87.5 Å². The maximum Gasteiger partial charge on any atom is 0.220 e. The van der Waals surface area contributed by atoms with Gasteiger partial charge in [-0.15, -0.1) is 0 Å². The van der Waals surface area contributed by atoms with Gasteiger partial charge < -0.3 is 40.3 Å². The maximum atomic E-state index is 13.2. The molecule has 1 saturated heterocycles. The van der Waals surface area contributed by atoms with Crippen molar-refractivity contribution in [3.05, 3.63) is 134 Å². The third kappa shape index (κ3) is 55.9. The summed E-state index contributed by atoms with van der Waals surface area (Å²) in [7, 11) is 0. The van der Waals surface area contributed by atoms with E-state index in [1.165, 1.54) is 180 Å². The van der Waals surface area contributed by atoms with Gasteiger partial charge in [-0.2, -0.15) is 0 Å². The fourth-order valence-corrected chi connectivity index (χ4v) is 11.2. The van der Waals surface area contributed by atoms with Crippen molar-refractivity contribution in [1.29, 1.82) is 0 Å². The van der Waals surface area contributed by atoms with Gasteiger partial charge in [0.05, 0.1) is 25.4 Å². The van der Waals surface area contributed by atoms with Crippen molar-refractivity contribution < 1.29 is 39.8 Å². The van der Waals surface area contributed by atoms with E-state index in [-0.39, 0.29) is 12.5 Å². The Morgan fingerprint density at radius 2 is 0.689 bits per heavy atom. The number of carbonyl (C=O) groups excluding carboxylic acids is 1. The Morgan fingerprint density at radius 1 is 0.389 bits per heavy atom. The number of rotatable bonds is 64. The highest BCUT2D eigenvalue weighted by atomic mass is 16.7. The van der Waals surface area contributed by atoms with Crippen LogP contribution in [0.5, 0.6) is 0 Å². The molecule has 0 aromatic rings. The second-order valence-corrected chi connectivity index (χ2v) is 25.4. The molecule has 0 saturated carbocycles. The predicted octanol–water partition coefficient (Wildman–Crippen LogP) is 21.1. The Balaban J connectivity index is 2.14. The van der Waals surface area contributed by atoms with Gasteiger partial charge in [-0.1, -0.05) is 347 Å². The van der Waals surface area contributed by atoms with E-state index in [2.05, 4.69) is 141 Å². The number of carbonyl (C=O) groups is 1. The van der Waals surface area contributed by atoms with E-state index in [4.69, 9.17) is 9.47 Å². The molecule has 1 rings (SSSR count). The van der Waals surface area contributed by atoms with Crippen molar-refractivity contribution in [3.8, 4) is 0 Å². The molecule has 0 radical (unpaired) electrons. The summed E-state index contributed by atoms with van der Waals surface area (Å²) in [6.07, 6.45) is 97.0. The number of aliphatic hydroxyl groups is 5. The molecule has 1 aliphatic heterocycles. The van der Waals surface area contributed by atoms with E-state index in [1.807, 2.05) is 6.08 Å². The molecule has 9 heteroatoms. The van der Waals surface area contributed by atoms with E-state index in [1.54, 1.807) is 6.08 Å². The van der Waals surface area contributed by atoms with Gasteiger partial charge in [-0.3, -0.25) is 4.79 Å². The Labute approximate surface area is 553 Å². The molecule has 90 heavy (non-hydrogen) atoms. The Kier molecular flexibility index (Phi) is 63.9. The molecule has 7 unspecified atom stereocenters. The van der Waals surface area contributed by atoms with Gasteiger partial charge in [0.15, 0.2) is 6.29 Å². The minimum atomic E-state index is -1.58. The summed E-state index contributed by atoms with van der Waals surface area (Å²) in [6.45, 7) is 3.69. The van der Waals surface area contributed by atoms with Crippen LogP contribution in [0.25, 0.3) is 0 Å². The van der Waals surface area contributed by atoms with E-state index >= 15 is 0 Å². The molecule has 516 valence electrons. The highest BCUT2D eigenvalue weighted by molar-refractivity contribution is 5.76. The summed E-state index contributed by atoms with van der Waals surface area (Å²) in [5.41, 5.74) is 0. The lowest BCUT2D eigenvalue weighted by molar-refractivity contribution is -0.302. The monoisotopic (exact) mass is 1250 g/mol. The molecule has 9 nitrogen and oxygen atoms in total. The minimum Gasteiger partial charge on any atom is -0.394 e. The van der Waals surface area contributed by atoms with Gasteiger partial charge in [-0.05, 0) is 96.3 Å². The van der Waals surface area contributed by atoms with Crippen molar-refractivity contribution in [2.45, 2.75) is 358 Å². The van der Waals surface area contributed by atoms with Crippen molar-refractivity contribution >= 4 is 5.91 Å². The van der Waals surface area contributed by atoms with Gasteiger partial charge in [0.25, 0.3) is 0 Å². The number of nitrogens with one attached hydrogen (secondary N) is 1. The van der Waals surface area contributed by atoms with E-state index in [0.29, 0.717) is 6.42 Å². The fraction of sp³-hybridized carbons (Fsp3) is 0.716. The zero-order chi connectivity index (χ0) is 64.9. The minimum absolute atomic E-state index is 0.183. The molecule has 0 aromatic heterocycles. The third-order valence-electron chi connectivity index (χ3n) is 17.0. The predicted molar refractivity (Wildman–Crippen MR) is 387 cm³/mol. The molecule has 0 aromatic carbocycles. The molecule has 1 amide bonds. The highest BCUT2D eigenvalue weighted by Crippen LogP contribution is 2.23. The molecule has 6 N–H and O–H groups in total. The van der Waals surface area contributed by atoms with Gasteiger partial charge >= 0.3 is 0 Å². The molecular weight excluding hydrogens is 1110 g/mol. The largest absolute Gasteiger partial charge is 0.394 e. The molecule has 7 atom stereocenters. The van der Waals surface area contributed by atoms with E-state index in [9.17, 15) is 30.3 Å². The lowest BCUT2D eigenvalue weighted by Gasteiger charge is -2.40. The second kappa shape index (κ2) is 68.2. The number of hydrogen-bond donors (Lipinski definition) is 6. The zero-order valence-electron chi connectivity index (χ0n) is 57.9.